The molecular weight excluding hydrogens is 236 g/mol. The molecule has 0 aliphatic heterocycles. The summed E-state index contributed by atoms with van der Waals surface area (Å²) in [5.41, 5.74) is 0.767. The van der Waals surface area contributed by atoms with Crippen LogP contribution >= 0.6 is 11.3 Å². The van der Waals surface area contributed by atoms with Crippen molar-refractivity contribution in [3.05, 3.63) is 11.1 Å². The van der Waals surface area contributed by atoms with Gasteiger partial charge in [-0.25, -0.2) is 4.98 Å². The molecule has 0 amide bonds. The number of hydrogen-bond donors (Lipinski definition) is 1. The second-order valence-electron chi connectivity index (χ2n) is 4.30. The number of methoxy groups -OCH3 is 1. The molecule has 1 unspecified atom stereocenters. The number of carbonyl (C=O) groups is 1. The molecule has 0 spiro atoms. The van der Waals surface area contributed by atoms with E-state index in [0.717, 1.165) is 17.2 Å². The Morgan fingerprint density at radius 2 is 2.29 bits per heavy atom. The number of nitrogens with one attached hydrogen (secondary N) is 1. The molecule has 96 valence electrons. The summed E-state index contributed by atoms with van der Waals surface area (Å²) in [6.45, 7) is 6.52. The molecule has 17 heavy (non-hydrogen) atoms. The quantitative estimate of drug-likeness (QED) is 0.795. The minimum atomic E-state index is -0.252. The highest BCUT2D eigenvalue weighted by Gasteiger charge is 2.13. The van der Waals surface area contributed by atoms with Crippen LogP contribution in [0.25, 0.3) is 0 Å². The Morgan fingerprint density at radius 3 is 2.82 bits per heavy atom. The molecule has 0 aliphatic rings. The first-order valence-corrected chi connectivity index (χ1v) is 6.72. The van der Waals surface area contributed by atoms with E-state index in [4.69, 9.17) is 0 Å². The highest BCUT2D eigenvalue weighted by atomic mass is 32.1. The zero-order valence-corrected chi connectivity index (χ0v) is 11.6. The Labute approximate surface area is 106 Å². The van der Waals surface area contributed by atoms with Crippen LogP contribution in [0.3, 0.4) is 0 Å². The van der Waals surface area contributed by atoms with E-state index in [1.165, 1.54) is 18.4 Å². The summed E-state index contributed by atoms with van der Waals surface area (Å²) in [4.78, 5) is 15.5. The predicted octanol–water partition coefficient (Wildman–Crippen LogP) is 2.71. The Hall–Kier alpha value is -1.10. The Bertz CT molecular complexity index is 363. The van der Waals surface area contributed by atoms with Gasteiger partial charge in [0.2, 0.25) is 0 Å². The van der Waals surface area contributed by atoms with Gasteiger partial charge in [0.15, 0.2) is 5.13 Å². The van der Waals surface area contributed by atoms with E-state index in [0.29, 0.717) is 12.0 Å². The number of nitrogens with zero attached hydrogens (tertiary/aromatic N) is 1. The largest absolute Gasteiger partial charge is 0.469 e. The molecule has 4 nitrogen and oxygen atoms in total. The van der Waals surface area contributed by atoms with Crippen molar-refractivity contribution in [2.45, 2.75) is 39.7 Å². The van der Waals surface area contributed by atoms with Gasteiger partial charge in [0.1, 0.15) is 0 Å². The number of ether oxygens (including phenoxy) is 1. The van der Waals surface area contributed by atoms with Crippen molar-refractivity contribution in [1.82, 2.24) is 4.98 Å². The molecule has 5 heteroatoms. The number of esters is 1. The van der Waals surface area contributed by atoms with Crippen LogP contribution in [-0.4, -0.2) is 24.1 Å². The lowest BCUT2D eigenvalue weighted by molar-refractivity contribution is -0.139. The molecule has 0 fully saturated rings. The molecule has 0 radical (unpaired) electrons. The Kier molecular flexibility index (Phi) is 5.41. The first-order valence-electron chi connectivity index (χ1n) is 5.84. The SMILES string of the molecule is CCC(Nc1nc(CC(=O)OC)cs1)C(C)C. The minimum absolute atomic E-state index is 0.243. The number of rotatable bonds is 6. The zero-order chi connectivity index (χ0) is 12.8. The standard InChI is InChI=1S/C12H20N2O2S/c1-5-10(8(2)3)14-12-13-9(7-17-12)6-11(15)16-4/h7-8,10H,5-6H2,1-4H3,(H,13,14). The van der Waals surface area contributed by atoms with E-state index in [-0.39, 0.29) is 12.4 Å². The number of aromatic nitrogens is 1. The Balaban J connectivity index is 2.58. The first-order chi connectivity index (χ1) is 8.06. The molecular formula is C12H20N2O2S. The number of carbonyl (C=O) groups excluding carboxylic acids is 1. The van der Waals surface area contributed by atoms with Crippen LogP contribution in [0.4, 0.5) is 5.13 Å². The fraction of sp³-hybridized carbons (Fsp3) is 0.667. The fourth-order valence-electron chi connectivity index (χ4n) is 1.57. The molecule has 0 aromatic carbocycles. The van der Waals surface area contributed by atoms with Gasteiger partial charge in [-0.1, -0.05) is 20.8 Å². The van der Waals surface area contributed by atoms with E-state index < -0.39 is 0 Å². The number of hydrogen-bond acceptors (Lipinski definition) is 5. The maximum atomic E-state index is 11.1. The van der Waals surface area contributed by atoms with Crippen molar-refractivity contribution in [1.29, 1.82) is 0 Å². The van der Waals surface area contributed by atoms with Crippen LogP contribution in [-0.2, 0) is 16.0 Å². The summed E-state index contributed by atoms with van der Waals surface area (Å²) in [6, 6.07) is 0.423. The summed E-state index contributed by atoms with van der Waals surface area (Å²) >= 11 is 1.53. The summed E-state index contributed by atoms with van der Waals surface area (Å²) in [5.74, 6) is 0.311. The second-order valence-corrected chi connectivity index (χ2v) is 5.16. The molecule has 1 aromatic rings. The maximum absolute atomic E-state index is 11.1. The molecule has 1 aromatic heterocycles. The van der Waals surface area contributed by atoms with Gasteiger partial charge in [-0.2, -0.15) is 0 Å². The van der Waals surface area contributed by atoms with Crippen LogP contribution in [0, 0.1) is 5.92 Å². The van der Waals surface area contributed by atoms with Crippen molar-refractivity contribution >= 4 is 22.4 Å². The van der Waals surface area contributed by atoms with Crippen molar-refractivity contribution in [3.63, 3.8) is 0 Å². The van der Waals surface area contributed by atoms with Crippen LogP contribution in [0.15, 0.2) is 5.38 Å². The topological polar surface area (TPSA) is 51.2 Å². The van der Waals surface area contributed by atoms with Crippen LogP contribution in [0.1, 0.15) is 32.9 Å². The van der Waals surface area contributed by atoms with Crippen LogP contribution in [0.5, 0.6) is 0 Å². The summed E-state index contributed by atoms with van der Waals surface area (Å²) in [6.07, 6.45) is 1.30. The molecule has 0 bridgehead atoms. The number of anilines is 1. The van der Waals surface area contributed by atoms with E-state index >= 15 is 0 Å². The minimum Gasteiger partial charge on any atom is -0.469 e. The van der Waals surface area contributed by atoms with Crippen LogP contribution < -0.4 is 5.32 Å². The predicted molar refractivity (Wildman–Crippen MR) is 70.4 cm³/mol. The van der Waals surface area contributed by atoms with E-state index in [1.807, 2.05) is 5.38 Å². The molecule has 1 rings (SSSR count). The lowest BCUT2D eigenvalue weighted by Crippen LogP contribution is -2.24. The summed E-state index contributed by atoms with van der Waals surface area (Å²) < 4.78 is 4.61. The van der Waals surface area contributed by atoms with Gasteiger partial charge in [-0.3, -0.25) is 4.79 Å². The average molecular weight is 256 g/mol. The van der Waals surface area contributed by atoms with Crippen molar-refractivity contribution in [2.75, 3.05) is 12.4 Å². The summed E-state index contributed by atoms with van der Waals surface area (Å²) in [7, 11) is 1.39. The maximum Gasteiger partial charge on any atom is 0.311 e. The Morgan fingerprint density at radius 1 is 1.59 bits per heavy atom. The molecule has 0 aliphatic carbocycles. The smallest absolute Gasteiger partial charge is 0.311 e. The average Bonchev–Trinajstić information content (AvgIpc) is 2.72. The van der Waals surface area contributed by atoms with E-state index in [9.17, 15) is 4.79 Å². The zero-order valence-electron chi connectivity index (χ0n) is 10.8. The lowest BCUT2D eigenvalue weighted by atomic mass is 10.0. The third-order valence-corrected chi connectivity index (χ3v) is 3.48. The highest BCUT2D eigenvalue weighted by Crippen LogP contribution is 2.20. The van der Waals surface area contributed by atoms with Gasteiger partial charge >= 0.3 is 5.97 Å². The fourth-order valence-corrected chi connectivity index (χ4v) is 2.35. The monoisotopic (exact) mass is 256 g/mol. The normalized spacial score (nSPS) is 12.5. The van der Waals surface area contributed by atoms with Crippen molar-refractivity contribution in [3.8, 4) is 0 Å². The molecule has 1 atom stereocenters. The molecule has 1 N–H and O–H groups in total. The van der Waals surface area contributed by atoms with Crippen LogP contribution in [0.2, 0.25) is 0 Å². The third-order valence-electron chi connectivity index (χ3n) is 2.66. The molecule has 0 saturated heterocycles. The van der Waals surface area contributed by atoms with E-state index in [1.54, 1.807) is 0 Å². The van der Waals surface area contributed by atoms with Gasteiger partial charge in [-0.15, -0.1) is 11.3 Å². The molecule has 1 heterocycles. The highest BCUT2D eigenvalue weighted by molar-refractivity contribution is 7.13. The van der Waals surface area contributed by atoms with E-state index in [2.05, 4.69) is 35.8 Å². The molecule has 0 saturated carbocycles. The number of thiazole rings is 1. The van der Waals surface area contributed by atoms with Gasteiger partial charge in [0.05, 0.1) is 19.2 Å². The first kappa shape index (κ1) is 14.0. The third kappa shape index (κ3) is 4.34. The van der Waals surface area contributed by atoms with Gasteiger partial charge in [-0.05, 0) is 12.3 Å². The van der Waals surface area contributed by atoms with Gasteiger partial charge in [0.25, 0.3) is 0 Å². The van der Waals surface area contributed by atoms with Gasteiger partial charge < -0.3 is 10.1 Å². The second kappa shape index (κ2) is 6.59. The van der Waals surface area contributed by atoms with Crippen molar-refractivity contribution < 1.29 is 9.53 Å². The van der Waals surface area contributed by atoms with Gasteiger partial charge in [0, 0.05) is 11.4 Å². The van der Waals surface area contributed by atoms with Crippen molar-refractivity contribution in [2.24, 2.45) is 5.92 Å². The summed E-state index contributed by atoms with van der Waals surface area (Å²) in [5, 5.41) is 6.17. The lowest BCUT2D eigenvalue weighted by Gasteiger charge is -2.19.